The van der Waals surface area contributed by atoms with E-state index in [-0.39, 0.29) is 5.41 Å². The minimum atomic E-state index is 0.170. The van der Waals surface area contributed by atoms with Crippen LogP contribution in [0.2, 0.25) is 0 Å². The zero-order chi connectivity index (χ0) is 12.0. The number of rotatable bonds is 2. The number of nitrogens with one attached hydrogen (secondary N) is 1. The van der Waals surface area contributed by atoms with E-state index in [1.54, 1.807) is 0 Å². The topological polar surface area (TPSA) is 51.0 Å². The second kappa shape index (κ2) is 4.05. The molecule has 4 nitrogen and oxygen atoms in total. The Labute approximate surface area is 108 Å². The fourth-order valence-corrected chi connectivity index (χ4v) is 4.29. The molecule has 0 spiro atoms. The van der Waals surface area contributed by atoms with Crippen LogP contribution in [-0.2, 0) is 5.41 Å². The van der Waals surface area contributed by atoms with Crippen molar-refractivity contribution in [1.29, 1.82) is 0 Å². The quantitative estimate of drug-likeness (QED) is 0.871. The number of fused-ring (bicyclic) bond motifs is 1. The van der Waals surface area contributed by atoms with E-state index in [0.717, 1.165) is 30.7 Å². The maximum absolute atomic E-state index is 5.66. The van der Waals surface area contributed by atoms with Gasteiger partial charge in [0.1, 0.15) is 0 Å². The Morgan fingerprint density at radius 2 is 2.06 bits per heavy atom. The molecule has 1 saturated heterocycles. The Bertz CT molecular complexity index is 426. The highest BCUT2D eigenvalue weighted by Gasteiger charge is 2.51. The van der Waals surface area contributed by atoms with Crippen molar-refractivity contribution in [2.45, 2.75) is 56.3 Å². The molecular weight excluding hydrogens is 226 g/mol. The molecule has 98 valence electrons. The molecule has 18 heavy (non-hydrogen) atoms. The molecule has 3 aliphatic rings. The van der Waals surface area contributed by atoms with Crippen LogP contribution in [0.15, 0.2) is 4.52 Å². The third-order valence-electron chi connectivity index (χ3n) is 5.38. The summed E-state index contributed by atoms with van der Waals surface area (Å²) in [7, 11) is 0. The first-order valence-electron chi connectivity index (χ1n) is 7.43. The molecule has 2 aliphatic carbocycles. The summed E-state index contributed by atoms with van der Waals surface area (Å²) in [5, 5.41) is 7.80. The van der Waals surface area contributed by atoms with Gasteiger partial charge in [-0.1, -0.05) is 24.4 Å². The monoisotopic (exact) mass is 247 g/mol. The minimum Gasteiger partial charge on any atom is -0.339 e. The summed E-state index contributed by atoms with van der Waals surface area (Å²) in [4.78, 5) is 4.79. The largest absolute Gasteiger partial charge is 0.339 e. The number of aromatic nitrogens is 2. The van der Waals surface area contributed by atoms with Crippen molar-refractivity contribution in [3.05, 3.63) is 11.7 Å². The number of nitrogens with zero attached hydrogens (tertiary/aromatic N) is 2. The molecule has 0 unspecified atom stereocenters. The van der Waals surface area contributed by atoms with Gasteiger partial charge in [0.25, 0.3) is 0 Å². The Hall–Kier alpha value is -0.900. The maximum Gasteiger partial charge on any atom is 0.234 e. The number of hydrogen-bond acceptors (Lipinski definition) is 4. The first kappa shape index (κ1) is 11.0. The van der Waals surface area contributed by atoms with E-state index in [4.69, 9.17) is 9.51 Å². The average molecular weight is 247 g/mol. The summed E-state index contributed by atoms with van der Waals surface area (Å²) in [6, 6.07) is 0. The Kier molecular flexibility index (Phi) is 2.47. The van der Waals surface area contributed by atoms with Gasteiger partial charge in [-0.3, -0.25) is 0 Å². The van der Waals surface area contributed by atoms with E-state index < -0.39 is 0 Å². The van der Waals surface area contributed by atoms with E-state index in [9.17, 15) is 0 Å². The highest BCUT2D eigenvalue weighted by Crippen LogP contribution is 2.47. The lowest BCUT2D eigenvalue weighted by atomic mass is 9.80. The van der Waals surface area contributed by atoms with E-state index in [2.05, 4.69) is 10.5 Å². The molecule has 1 aromatic rings. The van der Waals surface area contributed by atoms with Gasteiger partial charge in [-0.25, -0.2) is 0 Å². The van der Waals surface area contributed by atoms with Crippen LogP contribution in [0.4, 0.5) is 0 Å². The maximum atomic E-state index is 5.66. The van der Waals surface area contributed by atoms with Crippen LogP contribution in [0.3, 0.4) is 0 Å². The van der Waals surface area contributed by atoms with Crippen molar-refractivity contribution in [1.82, 2.24) is 15.5 Å². The summed E-state index contributed by atoms with van der Waals surface area (Å²) in [6.07, 6.45) is 8.98. The molecule has 3 fully saturated rings. The summed E-state index contributed by atoms with van der Waals surface area (Å²) < 4.78 is 5.66. The van der Waals surface area contributed by atoms with E-state index in [1.807, 2.05) is 0 Å². The van der Waals surface area contributed by atoms with Crippen LogP contribution in [0.1, 0.15) is 62.6 Å². The summed E-state index contributed by atoms with van der Waals surface area (Å²) in [6.45, 7) is 2.16. The van der Waals surface area contributed by atoms with Gasteiger partial charge in [-0.05, 0) is 38.1 Å². The van der Waals surface area contributed by atoms with Gasteiger partial charge in [-0.15, -0.1) is 0 Å². The summed E-state index contributed by atoms with van der Waals surface area (Å²) in [5.41, 5.74) is 0.170. The van der Waals surface area contributed by atoms with Crippen LogP contribution >= 0.6 is 0 Å². The number of hydrogen-bond donors (Lipinski definition) is 1. The van der Waals surface area contributed by atoms with Gasteiger partial charge in [-0.2, -0.15) is 4.98 Å². The fourth-order valence-electron chi connectivity index (χ4n) is 4.29. The lowest BCUT2D eigenvalue weighted by Gasteiger charge is -2.23. The molecule has 0 radical (unpaired) electrons. The molecule has 0 amide bonds. The lowest BCUT2D eigenvalue weighted by molar-refractivity contribution is 0.264. The van der Waals surface area contributed by atoms with Crippen LogP contribution in [0, 0.1) is 5.92 Å². The normalized spacial score (nSPS) is 36.3. The van der Waals surface area contributed by atoms with Crippen molar-refractivity contribution < 1.29 is 4.52 Å². The molecule has 2 heterocycles. The zero-order valence-electron chi connectivity index (χ0n) is 10.8. The second-order valence-electron chi connectivity index (χ2n) is 6.32. The lowest BCUT2D eigenvalue weighted by Crippen LogP contribution is -2.31. The Balaban J connectivity index is 1.64. The van der Waals surface area contributed by atoms with Crippen molar-refractivity contribution >= 4 is 0 Å². The highest BCUT2D eigenvalue weighted by molar-refractivity contribution is 5.17. The van der Waals surface area contributed by atoms with Crippen LogP contribution in [0.5, 0.6) is 0 Å². The standard InChI is InChI=1S/C14H21N3O/c1-2-5-10(4-1)12-16-13(18-17-12)14-7-3-6-11(14)8-15-9-14/h10-11,15H,1-9H2/t11-,14-/m1/s1. The third kappa shape index (κ3) is 1.48. The first-order valence-corrected chi connectivity index (χ1v) is 7.43. The van der Waals surface area contributed by atoms with E-state index >= 15 is 0 Å². The predicted octanol–water partition coefficient (Wildman–Crippen LogP) is 2.37. The summed E-state index contributed by atoms with van der Waals surface area (Å²) >= 11 is 0. The van der Waals surface area contributed by atoms with Crippen LogP contribution < -0.4 is 5.32 Å². The molecule has 0 bridgehead atoms. The predicted molar refractivity (Wildman–Crippen MR) is 67.4 cm³/mol. The Morgan fingerprint density at radius 1 is 1.17 bits per heavy atom. The Morgan fingerprint density at radius 3 is 2.94 bits per heavy atom. The van der Waals surface area contributed by atoms with Gasteiger partial charge in [0.2, 0.25) is 5.89 Å². The smallest absolute Gasteiger partial charge is 0.234 e. The van der Waals surface area contributed by atoms with Gasteiger partial charge < -0.3 is 9.84 Å². The zero-order valence-corrected chi connectivity index (χ0v) is 10.8. The van der Waals surface area contributed by atoms with Gasteiger partial charge in [0, 0.05) is 12.5 Å². The molecule has 1 aliphatic heterocycles. The fraction of sp³-hybridized carbons (Fsp3) is 0.857. The van der Waals surface area contributed by atoms with Gasteiger partial charge in [0.05, 0.1) is 5.41 Å². The molecule has 1 aromatic heterocycles. The van der Waals surface area contributed by atoms with Crippen LogP contribution in [-0.4, -0.2) is 23.2 Å². The molecule has 2 atom stereocenters. The molecule has 4 rings (SSSR count). The average Bonchev–Trinajstić information content (AvgIpc) is 3.13. The third-order valence-corrected chi connectivity index (χ3v) is 5.38. The van der Waals surface area contributed by atoms with Crippen molar-refractivity contribution in [3.63, 3.8) is 0 Å². The van der Waals surface area contributed by atoms with Crippen molar-refractivity contribution in [3.8, 4) is 0 Å². The van der Waals surface area contributed by atoms with Crippen LogP contribution in [0.25, 0.3) is 0 Å². The highest BCUT2D eigenvalue weighted by atomic mass is 16.5. The molecule has 2 saturated carbocycles. The van der Waals surface area contributed by atoms with E-state index in [1.165, 1.54) is 44.9 Å². The minimum absolute atomic E-state index is 0.170. The van der Waals surface area contributed by atoms with Crippen molar-refractivity contribution in [2.75, 3.05) is 13.1 Å². The van der Waals surface area contributed by atoms with E-state index in [0.29, 0.717) is 5.92 Å². The molecule has 4 heteroatoms. The summed E-state index contributed by atoms with van der Waals surface area (Å²) in [5.74, 6) is 3.19. The van der Waals surface area contributed by atoms with Crippen molar-refractivity contribution in [2.24, 2.45) is 5.92 Å². The van der Waals surface area contributed by atoms with Gasteiger partial charge in [0.15, 0.2) is 5.82 Å². The first-order chi connectivity index (χ1) is 8.88. The molecule has 1 N–H and O–H groups in total. The molecular formula is C14H21N3O. The second-order valence-corrected chi connectivity index (χ2v) is 6.32. The SMILES string of the molecule is C1CCC(c2noc([C@@]34CCC[C@@H]3CNC4)n2)C1. The van der Waals surface area contributed by atoms with Gasteiger partial charge >= 0.3 is 0 Å². The molecule has 0 aromatic carbocycles.